The Morgan fingerprint density at radius 2 is 1.73 bits per heavy atom. The van der Waals surface area contributed by atoms with E-state index in [1.165, 1.54) is 0 Å². The number of hydrogen-bond donors (Lipinski definition) is 1. The minimum Gasteiger partial charge on any atom is -0.384 e. The van der Waals surface area contributed by atoms with Crippen molar-refractivity contribution in [3.8, 4) is 0 Å². The van der Waals surface area contributed by atoms with Crippen LogP contribution in [0.3, 0.4) is 0 Å². The highest BCUT2D eigenvalue weighted by atomic mass is 35.5. The molecule has 0 radical (unpaired) electrons. The van der Waals surface area contributed by atoms with Crippen LogP contribution in [0.25, 0.3) is 0 Å². The Morgan fingerprint density at radius 3 is 2.36 bits per heavy atom. The Balaban J connectivity index is 2.15. The fourth-order valence-corrected chi connectivity index (χ4v) is 3.18. The normalized spacial score (nSPS) is 24.5. The van der Waals surface area contributed by atoms with Gasteiger partial charge in [0.2, 0.25) is 0 Å². The largest absolute Gasteiger partial charge is 0.384 e. The van der Waals surface area contributed by atoms with E-state index in [1.807, 2.05) is 62.4 Å². The number of aliphatic hydroxyl groups is 1. The van der Waals surface area contributed by atoms with Crippen molar-refractivity contribution in [2.75, 3.05) is 5.01 Å². The molecule has 3 nitrogen and oxygen atoms in total. The van der Waals surface area contributed by atoms with Crippen LogP contribution in [-0.2, 0) is 5.54 Å². The summed E-state index contributed by atoms with van der Waals surface area (Å²) in [4.78, 5) is 0. The van der Waals surface area contributed by atoms with Gasteiger partial charge in [0.25, 0.3) is 0 Å². The maximum atomic E-state index is 10.7. The molecule has 2 atom stereocenters. The van der Waals surface area contributed by atoms with E-state index < -0.39 is 11.6 Å². The third-order valence-electron chi connectivity index (χ3n) is 4.14. The number of para-hydroxylation sites is 1. The quantitative estimate of drug-likeness (QED) is 0.879. The summed E-state index contributed by atoms with van der Waals surface area (Å²) < 4.78 is 0. The third kappa shape index (κ3) is 2.30. The van der Waals surface area contributed by atoms with Crippen molar-refractivity contribution < 1.29 is 5.11 Å². The third-order valence-corrected chi connectivity index (χ3v) is 4.71. The van der Waals surface area contributed by atoms with E-state index in [2.05, 4.69) is 5.10 Å². The Hall–Kier alpha value is -1.55. The van der Waals surface area contributed by atoms with E-state index in [1.54, 1.807) is 5.01 Å². The summed E-state index contributed by atoms with van der Waals surface area (Å²) in [5, 5.41) is 18.3. The van der Waals surface area contributed by atoms with Crippen molar-refractivity contribution in [3.05, 3.63) is 64.1 Å². The molecule has 2 unspecified atom stereocenters. The van der Waals surface area contributed by atoms with Gasteiger partial charge >= 0.3 is 0 Å². The Morgan fingerprint density at radius 1 is 1.09 bits per heavy atom. The second-order valence-corrected chi connectivity index (χ2v) is 6.41. The standard InChI is InChI=1S/C17H16Cl2N2O/c1-11-16(22)17(2,12-7-9-13(18)10-8-12)21(20-11)15-6-4-3-5-14(15)19/h3-10,16,22H,1-2H3. The molecule has 3 rings (SSSR count). The van der Waals surface area contributed by atoms with Crippen LogP contribution < -0.4 is 5.01 Å². The molecule has 1 N–H and O–H groups in total. The first-order chi connectivity index (χ1) is 10.4. The van der Waals surface area contributed by atoms with E-state index in [0.29, 0.717) is 15.8 Å². The molecular weight excluding hydrogens is 319 g/mol. The van der Waals surface area contributed by atoms with Gasteiger partial charge in [-0.15, -0.1) is 0 Å². The van der Waals surface area contributed by atoms with E-state index in [0.717, 1.165) is 11.3 Å². The average Bonchev–Trinajstić information content (AvgIpc) is 2.74. The number of benzene rings is 2. The molecule has 5 heteroatoms. The SMILES string of the molecule is CC1=NN(c2ccccc2Cl)C(C)(c2ccc(Cl)cc2)C1O. The van der Waals surface area contributed by atoms with E-state index in [-0.39, 0.29) is 0 Å². The van der Waals surface area contributed by atoms with Gasteiger partial charge in [0, 0.05) is 5.02 Å². The lowest BCUT2D eigenvalue weighted by molar-refractivity contribution is 0.160. The molecule has 0 fully saturated rings. The second-order valence-electron chi connectivity index (χ2n) is 5.56. The Labute approximate surface area is 139 Å². The van der Waals surface area contributed by atoms with Gasteiger partial charge in [0.05, 0.1) is 16.4 Å². The predicted octanol–water partition coefficient (Wildman–Crippen LogP) is 4.47. The van der Waals surface area contributed by atoms with Gasteiger partial charge in [-0.3, -0.25) is 5.01 Å². The van der Waals surface area contributed by atoms with Gasteiger partial charge in [-0.25, -0.2) is 0 Å². The molecular formula is C17H16Cl2N2O. The lowest BCUT2D eigenvalue weighted by atomic mass is 9.84. The molecule has 0 saturated carbocycles. The zero-order valence-corrected chi connectivity index (χ0v) is 13.8. The van der Waals surface area contributed by atoms with Crippen LogP contribution in [0.15, 0.2) is 53.6 Å². The summed E-state index contributed by atoms with van der Waals surface area (Å²) in [6.07, 6.45) is -0.732. The number of halogens is 2. The van der Waals surface area contributed by atoms with Crippen molar-refractivity contribution in [1.82, 2.24) is 0 Å². The van der Waals surface area contributed by atoms with Crippen LogP contribution in [0.4, 0.5) is 5.69 Å². The van der Waals surface area contributed by atoms with Crippen LogP contribution in [0.2, 0.25) is 10.0 Å². The summed E-state index contributed by atoms with van der Waals surface area (Å²) in [7, 11) is 0. The predicted molar refractivity (Wildman–Crippen MR) is 91.9 cm³/mol. The zero-order chi connectivity index (χ0) is 15.9. The first-order valence-corrected chi connectivity index (χ1v) is 7.74. The van der Waals surface area contributed by atoms with Crippen molar-refractivity contribution in [2.24, 2.45) is 5.10 Å². The molecule has 114 valence electrons. The van der Waals surface area contributed by atoms with Crippen molar-refractivity contribution >= 4 is 34.6 Å². The van der Waals surface area contributed by atoms with E-state index >= 15 is 0 Å². The zero-order valence-electron chi connectivity index (χ0n) is 12.3. The van der Waals surface area contributed by atoms with Crippen LogP contribution in [0, 0.1) is 0 Å². The number of rotatable bonds is 2. The molecule has 0 saturated heterocycles. The molecule has 22 heavy (non-hydrogen) atoms. The van der Waals surface area contributed by atoms with Crippen LogP contribution in [-0.4, -0.2) is 16.9 Å². The highest BCUT2D eigenvalue weighted by Gasteiger charge is 2.48. The lowest BCUT2D eigenvalue weighted by Crippen LogP contribution is -2.46. The van der Waals surface area contributed by atoms with Crippen LogP contribution in [0.1, 0.15) is 19.4 Å². The number of hydrazone groups is 1. The van der Waals surface area contributed by atoms with Crippen molar-refractivity contribution in [2.45, 2.75) is 25.5 Å². The van der Waals surface area contributed by atoms with Gasteiger partial charge in [0.1, 0.15) is 11.6 Å². The van der Waals surface area contributed by atoms with Gasteiger partial charge in [-0.2, -0.15) is 5.10 Å². The number of anilines is 1. The highest BCUT2D eigenvalue weighted by Crippen LogP contribution is 2.43. The molecule has 0 aromatic heterocycles. The molecule has 1 aliphatic heterocycles. The molecule has 1 heterocycles. The maximum Gasteiger partial charge on any atom is 0.123 e. The van der Waals surface area contributed by atoms with Gasteiger partial charge in [-0.05, 0) is 43.7 Å². The topological polar surface area (TPSA) is 35.8 Å². The molecule has 0 aliphatic carbocycles. The molecule has 2 aromatic rings. The van der Waals surface area contributed by atoms with E-state index in [9.17, 15) is 5.11 Å². The molecule has 1 aliphatic rings. The lowest BCUT2D eigenvalue weighted by Gasteiger charge is -2.37. The smallest absolute Gasteiger partial charge is 0.123 e. The summed E-state index contributed by atoms with van der Waals surface area (Å²) in [6, 6.07) is 14.9. The summed E-state index contributed by atoms with van der Waals surface area (Å²) >= 11 is 12.3. The summed E-state index contributed by atoms with van der Waals surface area (Å²) in [6.45, 7) is 3.76. The number of hydrogen-bond acceptors (Lipinski definition) is 3. The van der Waals surface area contributed by atoms with Crippen LogP contribution in [0.5, 0.6) is 0 Å². The summed E-state index contributed by atoms with van der Waals surface area (Å²) in [5.74, 6) is 0. The van der Waals surface area contributed by atoms with Crippen molar-refractivity contribution in [1.29, 1.82) is 0 Å². The average molecular weight is 335 g/mol. The first kappa shape index (κ1) is 15.3. The first-order valence-electron chi connectivity index (χ1n) is 6.98. The minimum absolute atomic E-state index is 0.591. The van der Waals surface area contributed by atoms with Crippen molar-refractivity contribution in [3.63, 3.8) is 0 Å². The van der Waals surface area contributed by atoms with E-state index in [4.69, 9.17) is 23.2 Å². The molecule has 0 bridgehead atoms. The molecule has 0 spiro atoms. The molecule has 2 aromatic carbocycles. The molecule has 0 amide bonds. The monoisotopic (exact) mass is 334 g/mol. The van der Waals surface area contributed by atoms with Gasteiger partial charge in [-0.1, -0.05) is 47.5 Å². The maximum absolute atomic E-state index is 10.7. The Kier molecular flexibility index (Phi) is 3.89. The highest BCUT2D eigenvalue weighted by molar-refractivity contribution is 6.33. The fraction of sp³-hybridized carbons (Fsp3) is 0.235. The number of nitrogens with zero attached hydrogens (tertiary/aromatic N) is 2. The van der Waals surface area contributed by atoms with Crippen LogP contribution >= 0.6 is 23.2 Å². The second kappa shape index (κ2) is 5.58. The number of aliphatic hydroxyl groups excluding tert-OH is 1. The van der Waals surface area contributed by atoms with Gasteiger partial charge < -0.3 is 5.11 Å². The minimum atomic E-state index is -0.736. The fourth-order valence-electron chi connectivity index (χ4n) is 2.83. The van der Waals surface area contributed by atoms with Gasteiger partial charge in [0.15, 0.2) is 0 Å². The Bertz CT molecular complexity index is 730. The summed E-state index contributed by atoms with van der Waals surface area (Å²) in [5.41, 5.74) is 1.60.